The first kappa shape index (κ1) is 14.9. The van der Waals surface area contributed by atoms with Gasteiger partial charge in [0.15, 0.2) is 0 Å². The van der Waals surface area contributed by atoms with E-state index in [0.717, 1.165) is 16.6 Å². The van der Waals surface area contributed by atoms with E-state index in [1.165, 1.54) is 12.1 Å². The molecule has 0 heterocycles. The molecule has 0 saturated carbocycles. The first-order valence-corrected chi connectivity index (χ1v) is 6.51. The molecule has 5 heteroatoms. The van der Waals surface area contributed by atoms with Crippen LogP contribution in [0.15, 0.2) is 22.7 Å². The molecule has 2 nitrogen and oxygen atoms in total. The Balaban J connectivity index is 2.52. The lowest BCUT2D eigenvalue weighted by molar-refractivity contribution is 0.181. The molecule has 1 aromatic rings. The van der Waals surface area contributed by atoms with E-state index >= 15 is 0 Å². The van der Waals surface area contributed by atoms with Crippen LogP contribution in [0.25, 0.3) is 0 Å². The molecule has 0 aliphatic heterocycles. The second kappa shape index (κ2) is 7.31. The van der Waals surface area contributed by atoms with Gasteiger partial charge in [-0.1, -0.05) is 22.0 Å². The Bertz CT molecular complexity index is 364. The summed E-state index contributed by atoms with van der Waals surface area (Å²) >= 11 is 9.42. The number of nitrogens with zero attached hydrogens (tertiary/aromatic N) is 1. The Morgan fingerprint density at radius 3 is 2.82 bits per heavy atom. The Hall–Kier alpha value is -0.160. The average Bonchev–Trinajstić information content (AvgIpc) is 2.22. The molecule has 0 aliphatic rings. The predicted molar refractivity (Wildman–Crippen MR) is 72.0 cm³/mol. The lowest BCUT2D eigenvalue weighted by atomic mass is 10.2. The normalized spacial score (nSPS) is 13.1. The molecule has 0 radical (unpaired) electrons. The van der Waals surface area contributed by atoms with E-state index in [9.17, 15) is 4.39 Å². The average molecular weight is 325 g/mol. The van der Waals surface area contributed by atoms with Crippen LogP contribution in [-0.2, 0) is 11.3 Å². The Labute approximate surface area is 115 Å². The van der Waals surface area contributed by atoms with Crippen LogP contribution in [0.5, 0.6) is 0 Å². The Morgan fingerprint density at radius 1 is 1.53 bits per heavy atom. The highest BCUT2D eigenvalue weighted by molar-refractivity contribution is 9.10. The molecule has 1 unspecified atom stereocenters. The van der Waals surface area contributed by atoms with Crippen LogP contribution in [-0.4, -0.2) is 37.6 Å². The van der Waals surface area contributed by atoms with Gasteiger partial charge in [-0.25, -0.2) is 4.39 Å². The molecule has 1 rings (SSSR count). The predicted octanol–water partition coefficient (Wildman–Crippen LogP) is 3.27. The highest BCUT2D eigenvalue weighted by Gasteiger charge is 2.10. The Kier molecular flexibility index (Phi) is 6.41. The molecule has 0 saturated heterocycles. The second-order valence-electron chi connectivity index (χ2n) is 3.99. The summed E-state index contributed by atoms with van der Waals surface area (Å²) in [7, 11) is 3.60. The van der Waals surface area contributed by atoms with Crippen LogP contribution in [0.1, 0.15) is 5.56 Å². The van der Waals surface area contributed by atoms with Crippen molar-refractivity contribution < 1.29 is 9.13 Å². The number of hydrogen-bond donors (Lipinski definition) is 0. The van der Waals surface area contributed by atoms with Gasteiger partial charge in [0.25, 0.3) is 0 Å². The van der Waals surface area contributed by atoms with E-state index < -0.39 is 0 Å². The van der Waals surface area contributed by atoms with Crippen molar-refractivity contribution in [2.24, 2.45) is 0 Å². The zero-order valence-electron chi connectivity index (χ0n) is 9.92. The van der Waals surface area contributed by atoms with Gasteiger partial charge in [0.1, 0.15) is 5.82 Å². The van der Waals surface area contributed by atoms with Crippen LogP contribution in [0, 0.1) is 5.82 Å². The molecule has 0 spiro atoms. The molecule has 0 aliphatic carbocycles. The fourth-order valence-corrected chi connectivity index (χ4v) is 2.41. The molecule has 0 N–H and O–H groups in total. The smallest absolute Gasteiger partial charge is 0.124 e. The summed E-state index contributed by atoms with van der Waals surface area (Å²) < 4.78 is 18.7. The summed E-state index contributed by atoms with van der Waals surface area (Å²) in [5.74, 6) is -0.238. The number of rotatable bonds is 6. The van der Waals surface area contributed by atoms with Crippen LogP contribution in [0.3, 0.4) is 0 Å². The van der Waals surface area contributed by atoms with Gasteiger partial charge in [0.2, 0.25) is 0 Å². The molecule has 0 bridgehead atoms. The van der Waals surface area contributed by atoms with Crippen molar-refractivity contribution in [3.63, 3.8) is 0 Å². The molecule has 1 aromatic carbocycles. The number of methoxy groups -OCH3 is 1. The van der Waals surface area contributed by atoms with E-state index in [1.807, 2.05) is 7.05 Å². The number of benzene rings is 1. The van der Waals surface area contributed by atoms with Crippen LogP contribution < -0.4 is 0 Å². The van der Waals surface area contributed by atoms with Crippen LogP contribution in [0.4, 0.5) is 4.39 Å². The summed E-state index contributed by atoms with van der Waals surface area (Å²) in [5.41, 5.74) is 1.04. The lowest BCUT2D eigenvalue weighted by Crippen LogP contribution is -2.28. The zero-order valence-corrected chi connectivity index (χ0v) is 12.3. The lowest BCUT2D eigenvalue weighted by Gasteiger charge is -2.20. The van der Waals surface area contributed by atoms with E-state index in [4.69, 9.17) is 16.3 Å². The minimum absolute atomic E-state index is 0.0378. The fourth-order valence-electron chi connectivity index (χ4n) is 1.58. The number of hydrogen-bond acceptors (Lipinski definition) is 2. The Morgan fingerprint density at radius 2 is 2.24 bits per heavy atom. The van der Waals surface area contributed by atoms with Crippen molar-refractivity contribution in [1.29, 1.82) is 0 Å². The van der Waals surface area contributed by atoms with E-state index in [0.29, 0.717) is 13.2 Å². The number of halogens is 3. The van der Waals surface area contributed by atoms with Crippen LogP contribution >= 0.6 is 27.5 Å². The van der Waals surface area contributed by atoms with Crippen molar-refractivity contribution >= 4 is 27.5 Å². The van der Waals surface area contributed by atoms with Gasteiger partial charge in [0, 0.05) is 24.7 Å². The maximum absolute atomic E-state index is 12.9. The van der Waals surface area contributed by atoms with E-state index in [2.05, 4.69) is 20.8 Å². The zero-order chi connectivity index (χ0) is 12.8. The van der Waals surface area contributed by atoms with E-state index in [1.54, 1.807) is 13.2 Å². The number of ether oxygens (including phenoxy) is 1. The van der Waals surface area contributed by atoms with Gasteiger partial charge in [-0.05, 0) is 24.7 Å². The van der Waals surface area contributed by atoms with Crippen molar-refractivity contribution in [1.82, 2.24) is 4.90 Å². The highest BCUT2D eigenvalue weighted by Crippen LogP contribution is 2.19. The topological polar surface area (TPSA) is 12.5 Å². The molecular formula is C12H16BrClFNO. The number of alkyl halides is 1. The molecular weight excluding hydrogens is 308 g/mol. The quantitative estimate of drug-likeness (QED) is 0.745. The second-order valence-corrected chi connectivity index (χ2v) is 5.46. The first-order valence-electron chi connectivity index (χ1n) is 5.28. The summed E-state index contributed by atoms with van der Waals surface area (Å²) in [6, 6.07) is 4.70. The van der Waals surface area contributed by atoms with Crippen molar-refractivity contribution in [2.45, 2.75) is 11.9 Å². The SMILES string of the molecule is COCC(Cl)CN(C)Cc1ccc(F)cc1Br. The van der Waals surface area contributed by atoms with Crippen LogP contribution in [0.2, 0.25) is 0 Å². The van der Waals surface area contributed by atoms with Gasteiger partial charge >= 0.3 is 0 Å². The monoisotopic (exact) mass is 323 g/mol. The maximum Gasteiger partial charge on any atom is 0.124 e. The third kappa shape index (κ3) is 5.34. The minimum atomic E-state index is -0.238. The molecule has 0 aromatic heterocycles. The van der Waals surface area contributed by atoms with E-state index in [-0.39, 0.29) is 11.2 Å². The summed E-state index contributed by atoms with van der Waals surface area (Å²) in [4.78, 5) is 2.08. The first-order chi connectivity index (χ1) is 8.02. The third-order valence-corrected chi connectivity index (χ3v) is 3.31. The highest BCUT2D eigenvalue weighted by atomic mass is 79.9. The third-order valence-electron chi connectivity index (χ3n) is 2.31. The molecule has 17 heavy (non-hydrogen) atoms. The summed E-state index contributed by atoms with van der Waals surface area (Å²) in [6.45, 7) is 1.96. The van der Waals surface area contributed by atoms with Gasteiger partial charge in [0.05, 0.1) is 12.0 Å². The molecule has 1 atom stereocenters. The van der Waals surface area contributed by atoms with Crippen molar-refractivity contribution in [2.75, 3.05) is 27.3 Å². The standard InChI is InChI=1S/C12H16BrClFNO/c1-16(7-10(14)8-17-2)6-9-3-4-11(15)5-12(9)13/h3-5,10H,6-8H2,1-2H3. The molecule has 96 valence electrons. The largest absolute Gasteiger partial charge is 0.383 e. The summed E-state index contributed by atoms with van der Waals surface area (Å²) in [5, 5.41) is -0.0378. The molecule has 0 fully saturated rings. The van der Waals surface area contributed by atoms with Gasteiger partial charge in [-0.3, -0.25) is 0 Å². The van der Waals surface area contributed by atoms with Crippen molar-refractivity contribution in [3.8, 4) is 0 Å². The van der Waals surface area contributed by atoms with Crippen molar-refractivity contribution in [3.05, 3.63) is 34.1 Å². The summed E-state index contributed by atoms with van der Waals surface area (Å²) in [6.07, 6.45) is 0. The van der Waals surface area contributed by atoms with Gasteiger partial charge < -0.3 is 9.64 Å². The minimum Gasteiger partial charge on any atom is -0.383 e. The molecule has 0 amide bonds. The van der Waals surface area contributed by atoms with Gasteiger partial charge in [-0.15, -0.1) is 11.6 Å². The van der Waals surface area contributed by atoms with Gasteiger partial charge in [-0.2, -0.15) is 0 Å². The fraction of sp³-hybridized carbons (Fsp3) is 0.500. The maximum atomic E-state index is 12.9.